The lowest BCUT2D eigenvalue weighted by molar-refractivity contribution is 0.351. The normalized spacial score (nSPS) is 16.8. The second-order valence-corrected chi connectivity index (χ2v) is 5.01. The summed E-state index contributed by atoms with van der Waals surface area (Å²) >= 11 is 5.93. The predicted octanol–water partition coefficient (Wildman–Crippen LogP) is 3.36. The predicted molar refractivity (Wildman–Crippen MR) is 74.7 cm³/mol. The molecular weight excluding hydrogens is 248 g/mol. The minimum absolute atomic E-state index is 0.706. The van der Waals surface area contributed by atoms with Gasteiger partial charge in [-0.15, -0.1) is 0 Å². The van der Waals surface area contributed by atoms with E-state index in [2.05, 4.69) is 20.1 Å². The zero-order valence-corrected chi connectivity index (χ0v) is 10.8. The van der Waals surface area contributed by atoms with Gasteiger partial charge in [0.2, 0.25) is 0 Å². The number of benzene rings is 1. The average Bonchev–Trinajstić information content (AvgIpc) is 2.80. The molecule has 0 bridgehead atoms. The van der Waals surface area contributed by atoms with E-state index >= 15 is 0 Å². The van der Waals surface area contributed by atoms with E-state index < -0.39 is 0 Å². The summed E-state index contributed by atoms with van der Waals surface area (Å²) in [5, 5.41) is 8.88. The molecule has 18 heavy (non-hydrogen) atoms. The van der Waals surface area contributed by atoms with E-state index in [1.807, 2.05) is 24.5 Å². The van der Waals surface area contributed by atoms with Crippen LogP contribution in [-0.4, -0.2) is 34.5 Å². The van der Waals surface area contributed by atoms with Crippen LogP contribution in [0.4, 0.5) is 5.82 Å². The molecule has 5 heteroatoms. The van der Waals surface area contributed by atoms with Crippen LogP contribution in [0, 0.1) is 0 Å². The second kappa shape index (κ2) is 4.98. The Balaban J connectivity index is 1.83. The molecule has 2 aromatic rings. The fourth-order valence-corrected chi connectivity index (χ4v) is 2.42. The van der Waals surface area contributed by atoms with Crippen LogP contribution in [0.25, 0.3) is 10.9 Å². The van der Waals surface area contributed by atoms with Gasteiger partial charge in [-0.2, -0.15) is 5.10 Å². The number of halogens is 1. The molecule has 0 radical (unpaired) electrons. The van der Waals surface area contributed by atoms with E-state index in [4.69, 9.17) is 11.6 Å². The molecule has 0 aliphatic carbocycles. The van der Waals surface area contributed by atoms with Crippen molar-refractivity contribution in [2.45, 2.75) is 19.3 Å². The van der Waals surface area contributed by atoms with Gasteiger partial charge in [-0.05, 0) is 37.5 Å². The van der Waals surface area contributed by atoms with Crippen LogP contribution in [0.3, 0.4) is 0 Å². The lowest BCUT2D eigenvalue weighted by atomic mass is 10.1. The third kappa shape index (κ3) is 2.34. The molecule has 1 fully saturated rings. The number of piperidine rings is 1. The van der Waals surface area contributed by atoms with Gasteiger partial charge in [-0.25, -0.2) is 4.99 Å². The van der Waals surface area contributed by atoms with Crippen molar-refractivity contribution in [1.29, 1.82) is 0 Å². The van der Waals surface area contributed by atoms with Crippen LogP contribution in [-0.2, 0) is 0 Å². The van der Waals surface area contributed by atoms with Gasteiger partial charge < -0.3 is 4.90 Å². The molecule has 0 saturated carbocycles. The van der Waals surface area contributed by atoms with Crippen molar-refractivity contribution in [1.82, 2.24) is 15.1 Å². The molecule has 0 unspecified atom stereocenters. The summed E-state index contributed by atoms with van der Waals surface area (Å²) in [7, 11) is 0. The van der Waals surface area contributed by atoms with Crippen LogP contribution in [0.1, 0.15) is 19.3 Å². The molecule has 2 heterocycles. The largest absolute Gasteiger partial charge is 0.363 e. The fourth-order valence-electron chi connectivity index (χ4n) is 2.25. The van der Waals surface area contributed by atoms with E-state index in [0.29, 0.717) is 5.02 Å². The van der Waals surface area contributed by atoms with Crippen molar-refractivity contribution in [2.75, 3.05) is 13.1 Å². The molecule has 3 rings (SSSR count). The number of hydrogen-bond donors (Lipinski definition) is 1. The maximum atomic E-state index is 5.93. The van der Waals surface area contributed by atoms with Crippen molar-refractivity contribution >= 4 is 34.7 Å². The molecule has 1 aromatic carbocycles. The smallest absolute Gasteiger partial charge is 0.182 e. The number of nitrogens with one attached hydrogen (secondary N) is 1. The molecule has 0 spiro atoms. The SMILES string of the molecule is Clc1ccc2c(N=CN3CCCCC3)n[nH]c2c1. The highest BCUT2D eigenvalue weighted by molar-refractivity contribution is 6.31. The lowest BCUT2D eigenvalue weighted by Gasteiger charge is -2.23. The van der Waals surface area contributed by atoms with Gasteiger partial charge in [-0.1, -0.05) is 11.6 Å². The monoisotopic (exact) mass is 262 g/mol. The van der Waals surface area contributed by atoms with Gasteiger partial charge in [0.05, 0.1) is 11.9 Å². The van der Waals surface area contributed by atoms with Crippen molar-refractivity contribution in [3.63, 3.8) is 0 Å². The van der Waals surface area contributed by atoms with E-state index in [1.165, 1.54) is 19.3 Å². The van der Waals surface area contributed by atoms with E-state index in [1.54, 1.807) is 0 Å². The average molecular weight is 263 g/mol. The van der Waals surface area contributed by atoms with Gasteiger partial charge in [-0.3, -0.25) is 5.10 Å². The van der Waals surface area contributed by atoms with Crippen molar-refractivity contribution in [3.8, 4) is 0 Å². The second-order valence-electron chi connectivity index (χ2n) is 4.58. The fraction of sp³-hybridized carbons (Fsp3) is 0.385. The Kier molecular flexibility index (Phi) is 3.19. The standard InChI is InChI=1S/C13H15ClN4/c14-10-4-5-11-12(8-10)16-17-13(11)15-9-18-6-2-1-3-7-18/h4-5,8-9H,1-3,6-7H2,(H,16,17). The Morgan fingerprint density at radius 3 is 2.94 bits per heavy atom. The molecule has 1 saturated heterocycles. The van der Waals surface area contributed by atoms with Gasteiger partial charge in [0.25, 0.3) is 0 Å². The van der Waals surface area contributed by atoms with Crippen LogP contribution in [0.5, 0.6) is 0 Å². The molecule has 94 valence electrons. The van der Waals surface area contributed by atoms with Crippen molar-refractivity contribution in [3.05, 3.63) is 23.2 Å². The first-order valence-electron chi connectivity index (χ1n) is 6.25. The third-order valence-electron chi connectivity index (χ3n) is 3.24. The summed E-state index contributed by atoms with van der Waals surface area (Å²) in [6, 6.07) is 5.67. The lowest BCUT2D eigenvalue weighted by Crippen LogP contribution is -2.28. The molecular formula is C13H15ClN4. The van der Waals surface area contributed by atoms with E-state index in [0.717, 1.165) is 29.8 Å². The maximum Gasteiger partial charge on any atom is 0.182 e. The zero-order chi connectivity index (χ0) is 12.4. The first-order valence-corrected chi connectivity index (χ1v) is 6.62. The quantitative estimate of drug-likeness (QED) is 0.666. The molecule has 4 nitrogen and oxygen atoms in total. The Morgan fingerprint density at radius 2 is 2.11 bits per heavy atom. The van der Waals surface area contributed by atoms with Crippen molar-refractivity contribution < 1.29 is 0 Å². The number of likely N-dealkylation sites (tertiary alicyclic amines) is 1. The number of aromatic amines is 1. The highest BCUT2D eigenvalue weighted by Crippen LogP contribution is 2.25. The van der Waals surface area contributed by atoms with Crippen LogP contribution < -0.4 is 0 Å². The van der Waals surface area contributed by atoms with Gasteiger partial charge in [0.15, 0.2) is 5.82 Å². The summed E-state index contributed by atoms with van der Waals surface area (Å²) < 4.78 is 0. The Labute approximate surface area is 111 Å². The number of nitrogens with zero attached hydrogens (tertiary/aromatic N) is 3. The highest BCUT2D eigenvalue weighted by atomic mass is 35.5. The highest BCUT2D eigenvalue weighted by Gasteiger charge is 2.07. The first-order chi connectivity index (χ1) is 8.83. The number of rotatable bonds is 2. The third-order valence-corrected chi connectivity index (χ3v) is 3.47. The summed E-state index contributed by atoms with van der Waals surface area (Å²) in [4.78, 5) is 6.71. The molecule has 0 amide bonds. The van der Waals surface area contributed by atoms with Gasteiger partial charge in [0, 0.05) is 23.5 Å². The van der Waals surface area contributed by atoms with Gasteiger partial charge in [0.1, 0.15) is 0 Å². The Bertz CT molecular complexity index is 569. The number of H-pyrrole nitrogens is 1. The summed E-state index contributed by atoms with van der Waals surface area (Å²) in [5.41, 5.74) is 0.924. The molecule has 1 N–H and O–H groups in total. The van der Waals surface area contributed by atoms with Gasteiger partial charge >= 0.3 is 0 Å². The Hall–Kier alpha value is -1.55. The summed E-state index contributed by atoms with van der Waals surface area (Å²) in [5.74, 6) is 0.729. The first kappa shape index (κ1) is 11.5. The minimum atomic E-state index is 0.706. The number of aliphatic imine (C=N–C) groups is 1. The van der Waals surface area contributed by atoms with E-state index in [9.17, 15) is 0 Å². The molecule has 1 aromatic heterocycles. The minimum Gasteiger partial charge on any atom is -0.363 e. The zero-order valence-electron chi connectivity index (χ0n) is 10.1. The van der Waals surface area contributed by atoms with E-state index in [-0.39, 0.29) is 0 Å². The molecule has 1 aliphatic heterocycles. The topological polar surface area (TPSA) is 44.3 Å². The molecule has 1 aliphatic rings. The number of aromatic nitrogens is 2. The van der Waals surface area contributed by atoms with Crippen LogP contribution in [0.15, 0.2) is 23.2 Å². The van der Waals surface area contributed by atoms with Crippen LogP contribution in [0.2, 0.25) is 5.02 Å². The van der Waals surface area contributed by atoms with Crippen LogP contribution >= 0.6 is 11.6 Å². The van der Waals surface area contributed by atoms with Crippen molar-refractivity contribution in [2.24, 2.45) is 4.99 Å². The number of hydrogen-bond acceptors (Lipinski definition) is 2. The summed E-state index contributed by atoms with van der Waals surface area (Å²) in [6.45, 7) is 2.19. The summed E-state index contributed by atoms with van der Waals surface area (Å²) in [6.07, 6.45) is 5.74. The molecule has 0 atom stereocenters. The Morgan fingerprint density at radius 1 is 1.28 bits per heavy atom. The number of fused-ring (bicyclic) bond motifs is 1. The maximum absolute atomic E-state index is 5.93.